The molecule has 0 spiro atoms. The van der Waals surface area contributed by atoms with E-state index < -0.39 is 0 Å². The van der Waals surface area contributed by atoms with Crippen molar-refractivity contribution in [1.82, 2.24) is 15.3 Å². The second-order valence-corrected chi connectivity index (χ2v) is 3.92. The number of hydrogen-bond acceptors (Lipinski definition) is 4. The third kappa shape index (κ3) is 1.18. The Morgan fingerprint density at radius 3 is 2.86 bits per heavy atom. The lowest BCUT2D eigenvalue weighted by molar-refractivity contribution is 0.756. The Morgan fingerprint density at radius 2 is 2.00 bits per heavy atom. The molecule has 1 fully saturated rings. The first-order valence-electron chi connectivity index (χ1n) is 5.23. The summed E-state index contributed by atoms with van der Waals surface area (Å²) in [4.78, 5) is 11.1. The molecule has 0 saturated carbocycles. The zero-order valence-electron chi connectivity index (χ0n) is 8.16. The molecule has 4 heteroatoms. The van der Waals surface area contributed by atoms with Gasteiger partial charge in [0.05, 0.1) is 5.69 Å². The minimum Gasteiger partial charge on any atom is -0.356 e. The van der Waals surface area contributed by atoms with Crippen molar-refractivity contribution < 1.29 is 0 Å². The van der Waals surface area contributed by atoms with Crippen molar-refractivity contribution in [2.24, 2.45) is 0 Å². The van der Waals surface area contributed by atoms with Gasteiger partial charge < -0.3 is 10.2 Å². The van der Waals surface area contributed by atoms with Gasteiger partial charge in [-0.3, -0.25) is 0 Å². The van der Waals surface area contributed by atoms with Crippen molar-refractivity contribution in [1.29, 1.82) is 0 Å². The Balaban J connectivity index is 2.00. The van der Waals surface area contributed by atoms with Gasteiger partial charge >= 0.3 is 0 Å². The lowest BCUT2D eigenvalue weighted by atomic mass is 10.2. The van der Waals surface area contributed by atoms with Crippen LogP contribution in [0, 0.1) is 0 Å². The van der Waals surface area contributed by atoms with Gasteiger partial charge in [0.1, 0.15) is 12.1 Å². The second-order valence-electron chi connectivity index (χ2n) is 3.92. The number of rotatable bonds is 1. The summed E-state index contributed by atoms with van der Waals surface area (Å²) in [6, 6.07) is 0. The number of nitrogens with zero attached hydrogens (tertiary/aromatic N) is 3. The van der Waals surface area contributed by atoms with Crippen LogP contribution in [-0.2, 0) is 13.1 Å². The monoisotopic (exact) mass is 190 g/mol. The first-order chi connectivity index (χ1) is 6.95. The molecule has 1 aromatic rings. The SMILES string of the molecule is c1nc2c(c(N3CCCC3)n1)CNC2. The van der Waals surface area contributed by atoms with Gasteiger partial charge in [0.25, 0.3) is 0 Å². The highest BCUT2D eigenvalue weighted by Crippen LogP contribution is 2.25. The van der Waals surface area contributed by atoms with Gasteiger partial charge in [-0.25, -0.2) is 9.97 Å². The summed E-state index contributed by atoms with van der Waals surface area (Å²) in [6.07, 6.45) is 4.29. The molecule has 0 bridgehead atoms. The molecule has 2 aliphatic rings. The van der Waals surface area contributed by atoms with E-state index in [1.165, 1.54) is 24.1 Å². The Labute approximate surface area is 83.4 Å². The van der Waals surface area contributed by atoms with Crippen LogP contribution in [0.25, 0.3) is 0 Å². The van der Waals surface area contributed by atoms with Crippen molar-refractivity contribution in [3.8, 4) is 0 Å². The molecule has 0 aromatic carbocycles. The highest BCUT2D eigenvalue weighted by molar-refractivity contribution is 5.50. The zero-order valence-corrected chi connectivity index (χ0v) is 8.16. The first-order valence-corrected chi connectivity index (χ1v) is 5.23. The third-order valence-corrected chi connectivity index (χ3v) is 3.01. The normalized spacial score (nSPS) is 20.1. The summed E-state index contributed by atoms with van der Waals surface area (Å²) < 4.78 is 0. The minimum absolute atomic E-state index is 0.901. The molecular formula is C10H14N4. The van der Waals surface area contributed by atoms with Crippen LogP contribution in [-0.4, -0.2) is 23.1 Å². The van der Waals surface area contributed by atoms with Crippen LogP contribution in [0.5, 0.6) is 0 Å². The van der Waals surface area contributed by atoms with Crippen molar-refractivity contribution in [3.05, 3.63) is 17.6 Å². The van der Waals surface area contributed by atoms with E-state index >= 15 is 0 Å². The van der Waals surface area contributed by atoms with Gasteiger partial charge in [0.15, 0.2) is 0 Å². The number of fused-ring (bicyclic) bond motifs is 1. The molecule has 0 amide bonds. The molecule has 1 aromatic heterocycles. The fraction of sp³-hybridized carbons (Fsp3) is 0.600. The van der Waals surface area contributed by atoms with Crippen molar-refractivity contribution in [2.75, 3.05) is 18.0 Å². The molecule has 3 heterocycles. The van der Waals surface area contributed by atoms with Crippen LogP contribution in [0.15, 0.2) is 6.33 Å². The number of nitrogens with one attached hydrogen (secondary N) is 1. The third-order valence-electron chi connectivity index (χ3n) is 3.01. The molecule has 3 rings (SSSR count). The molecule has 14 heavy (non-hydrogen) atoms. The highest BCUT2D eigenvalue weighted by atomic mass is 15.2. The standard InChI is InChI=1S/C10H14N4/c1-2-4-14(3-1)10-8-5-11-6-9(8)12-7-13-10/h7,11H,1-6H2. The van der Waals surface area contributed by atoms with Crippen LogP contribution in [0.1, 0.15) is 24.1 Å². The van der Waals surface area contributed by atoms with E-state index in [2.05, 4.69) is 20.2 Å². The fourth-order valence-corrected chi connectivity index (χ4v) is 2.28. The van der Waals surface area contributed by atoms with Crippen LogP contribution in [0.4, 0.5) is 5.82 Å². The topological polar surface area (TPSA) is 41.1 Å². The Kier molecular flexibility index (Phi) is 1.87. The highest BCUT2D eigenvalue weighted by Gasteiger charge is 2.22. The fourth-order valence-electron chi connectivity index (χ4n) is 2.28. The molecule has 0 radical (unpaired) electrons. The molecule has 4 nitrogen and oxygen atoms in total. The van der Waals surface area contributed by atoms with Gasteiger partial charge in [-0.15, -0.1) is 0 Å². The van der Waals surface area contributed by atoms with Crippen molar-refractivity contribution in [3.63, 3.8) is 0 Å². The lowest BCUT2D eigenvalue weighted by Gasteiger charge is -2.18. The van der Waals surface area contributed by atoms with E-state index in [0.717, 1.165) is 32.0 Å². The Morgan fingerprint density at radius 1 is 1.14 bits per heavy atom. The van der Waals surface area contributed by atoms with Crippen LogP contribution >= 0.6 is 0 Å². The summed E-state index contributed by atoms with van der Waals surface area (Å²) in [5.41, 5.74) is 2.50. The first kappa shape index (κ1) is 8.17. The molecule has 0 aliphatic carbocycles. The largest absolute Gasteiger partial charge is 0.356 e. The molecule has 0 unspecified atom stereocenters. The van der Waals surface area contributed by atoms with Crippen molar-refractivity contribution >= 4 is 5.82 Å². The summed E-state index contributed by atoms with van der Waals surface area (Å²) >= 11 is 0. The quantitative estimate of drug-likeness (QED) is 0.707. The second kappa shape index (κ2) is 3.20. The van der Waals surface area contributed by atoms with E-state index in [4.69, 9.17) is 0 Å². The predicted molar refractivity (Wildman–Crippen MR) is 54.0 cm³/mol. The van der Waals surface area contributed by atoms with Gasteiger partial charge in [-0.1, -0.05) is 0 Å². The molecule has 0 atom stereocenters. The Hall–Kier alpha value is -1.16. The number of hydrogen-bond donors (Lipinski definition) is 1. The summed E-state index contributed by atoms with van der Waals surface area (Å²) in [5.74, 6) is 1.16. The molecule has 1 saturated heterocycles. The van der Waals surface area contributed by atoms with Crippen molar-refractivity contribution in [2.45, 2.75) is 25.9 Å². The zero-order chi connectivity index (χ0) is 9.38. The number of aromatic nitrogens is 2. The summed E-state index contributed by atoms with van der Waals surface area (Å²) in [7, 11) is 0. The maximum absolute atomic E-state index is 4.41. The van der Waals surface area contributed by atoms with Crippen LogP contribution < -0.4 is 10.2 Å². The number of anilines is 1. The van der Waals surface area contributed by atoms with Gasteiger partial charge in [-0.2, -0.15) is 0 Å². The lowest BCUT2D eigenvalue weighted by Crippen LogP contribution is -2.21. The van der Waals surface area contributed by atoms with Gasteiger partial charge in [0.2, 0.25) is 0 Å². The smallest absolute Gasteiger partial charge is 0.136 e. The Bertz CT molecular complexity index is 344. The van der Waals surface area contributed by atoms with E-state index in [1.807, 2.05) is 0 Å². The maximum Gasteiger partial charge on any atom is 0.136 e. The average Bonchev–Trinajstić information content (AvgIpc) is 2.88. The minimum atomic E-state index is 0.901. The summed E-state index contributed by atoms with van der Waals surface area (Å²) in [6.45, 7) is 4.15. The van der Waals surface area contributed by atoms with E-state index in [0.29, 0.717) is 0 Å². The van der Waals surface area contributed by atoms with Crippen LogP contribution in [0.2, 0.25) is 0 Å². The maximum atomic E-state index is 4.41. The van der Waals surface area contributed by atoms with Gasteiger partial charge in [0, 0.05) is 31.7 Å². The predicted octanol–water partition coefficient (Wildman–Crippen LogP) is 0.680. The molecular weight excluding hydrogens is 176 g/mol. The molecule has 1 N–H and O–H groups in total. The van der Waals surface area contributed by atoms with E-state index in [9.17, 15) is 0 Å². The van der Waals surface area contributed by atoms with E-state index in [1.54, 1.807) is 6.33 Å². The molecule has 2 aliphatic heterocycles. The molecule has 74 valence electrons. The van der Waals surface area contributed by atoms with Crippen LogP contribution in [0.3, 0.4) is 0 Å². The average molecular weight is 190 g/mol. The summed E-state index contributed by atoms with van der Waals surface area (Å²) in [5, 5.41) is 3.32. The van der Waals surface area contributed by atoms with Gasteiger partial charge in [-0.05, 0) is 12.8 Å². The van der Waals surface area contributed by atoms with E-state index in [-0.39, 0.29) is 0 Å².